The molecule has 8 heteroatoms. The summed E-state index contributed by atoms with van der Waals surface area (Å²) in [7, 11) is 0. The van der Waals surface area contributed by atoms with Gasteiger partial charge in [0.05, 0.1) is 24.8 Å². The molecule has 7 nitrogen and oxygen atoms in total. The van der Waals surface area contributed by atoms with Gasteiger partial charge in [0.1, 0.15) is 0 Å². The summed E-state index contributed by atoms with van der Waals surface area (Å²) in [5, 5.41) is 9.80. The maximum Gasteiger partial charge on any atom is 0.229 e. The fourth-order valence-corrected chi connectivity index (χ4v) is 2.89. The van der Waals surface area contributed by atoms with Crippen molar-refractivity contribution >= 4 is 40.4 Å². The first-order valence-electron chi connectivity index (χ1n) is 7.01. The van der Waals surface area contributed by atoms with Crippen molar-refractivity contribution in [1.82, 2.24) is 20.2 Å². The van der Waals surface area contributed by atoms with Crippen LogP contribution < -0.4 is 4.90 Å². The monoisotopic (exact) mass is 314 g/mol. The summed E-state index contributed by atoms with van der Waals surface area (Å²) in [6.07, 6.45) is 3.53. The first-order chi connectivity index (χ1) is 10.9. The number of aromatic amines is 1. The summed E-state index contributed by atoms with van der Waals surface area (Å²) in [6.45, 7) is 2.96. The van der Waals surface area contributed by atoms with E-state index in [1.165, 1.54) is 0 Å². The SMILES string of the molecule is C(=Nc1nc(N2CCOCC2)nc2[nH]ncc12)c1cccs1. The molecule has 22 heavy (non-hydrogen) atoms. The van der Waals surface area contributed by atoms with E-state index in [1.807, 2.05) is 23.7 Å². The highest BCUT2D eigenvalue weighted by atomic mass is 32.1. The Kier molecular flexibility index (Phi) is 3.53. The van der Waals surface area contributed by atoms with Crippen LogP contribution in [0.2, 0.25) is 0 Å². The molecule has 1 aliphatic rings. The minimum atomic E-state index is 0.633. The van der Waals surface area contributed by atoms with Gasteiger partial charge in [-0.05, 0) is 11.4 Å². The second kappa shape index (κ2) is 5.82. The highest BCUT2D eigenvalue weighted by Crippen LogP contribution is 2.24. The number of anilines is 1. The van der Waals surface area contributed by atoms with E-state index in [1.54, 1.807) is 17.5 Å². The lowest BCUT2D eigenvalue weighted by Crippen LogP contribution is -2.37. The quantitative estimate of drug-likeness (QED) is 0.748. The van der Waals surface area contributed by atoms with Crippen molar-refractivity contribution < 1.29 is 4.74 Å². The number of H-pyrrole nitrogens is 1. The highest BCUT2D eigenvalue weighted by molar-refractivity contribution is 7.11. The Balaban J connectivity index is 1.73. The van der Waals surface area contributed by atoms with Crippen LogP contribution in [0.25, 0.3) is 11.0 Å². The van der Waals surface area contributed by atoms with Gasteiger partial charge in [-0.3, -0.25) is 5.10 Å². The standard InChI is InChI=1S/C14H14N6OS/c1-2-10(22-7-1)8-15-12-11-9-16-19-13(11)18-14(17-12)20-3-5-21-6-4-20/h1-2,7-9H,3-6H2,(H,16,17,18,19). The highest BCUT2D eigenvalue weighted by Gasteiger charge is 2.17. The molecule has 0 aromatic carbocycles. The molecule has 1 fully saturated rings. The summed E-state index contributed by atoms with van der Waals surface area (Å²) in [5.74, 6) is 1.30. The van der Waals surface area contributed by atoms with Gasteiger partial charge >= 0.3 is 0 Å². The maximum atomic E-state index is 5.37. The smallest absolute Gasteiger partial charge is 0.229 e. The van der Waals surface area contributed by atoms with E-state index in [4.69, 9.17) is 4.74 Å². The van der Waals surface area contributed by atoms with E-state index in [0.29, 0.717) is 30.6 Å². The van der Waals surface area contributed by atoms with Crippen molar-refractivity contribution in [2.24, 2.45) is 4.99 Å². The van der Waals surface area contributed by atoms with Crippen LogP contribution >= 0.6 is 11.3 Å². The third-order valence-corrected chi connectivity index (χ3v) is 4.24. The molecule has 0 radical (unpaired) electrons. The van der Waals surface area contributed by atoms with Gasteiger partial charge in [0.15, 0.2) is 11.5 Å². The number of aromatic nitrogens is 4. The Hall–Kier alpha value is -2.32. The summed E-state index contributed by atoms with van der Waals surface area (Å²) in [6, 6.07) is 4.02. The molecule has 4 rings (SSSR count). The number of morpholine rings is 1. The molecule has 0 unspecified atom stereocenters. The van der Waals surface area contributed by atoms with Crippen molar-refractivity contribution in [1.29, 1.82) is 0 Å². The lowest BCUT2D eigenvalue weighted by molar-refractivity contribution is 0.122. The van der Waals surface area contributed by atoms with Crippen LogP contribution in [-0.2, 0) is 4.74 Å². The van der Waals surface area contributed by atoms with Crippen molar-refractivity contribution in [2.75, 3.05) is 31.2 Å². The Labute approximate surface area is 130 Å². The molecule has 1 N–H and O–H groups in total. The minimum absolute atomic E-state index is 0.633. The number of hydrogen-bond donors (Lipinski definition) is 1. The minimum Gasteiger partial charge on any atom is -0.378 e. The zero-order chi connectivity index (χ0) is 14.8. The molecular formula is C14H14N6OS. The fourth-order valence-electron chi connectivity index (χ4n) is 2.30. The second-order valence-electron chi connectivity index (χ2n) is 4.85. The maximum absolute atomic E-state index is 5.37. The molecule has 3 aromatic rings. The van der Waals surface area contributed by atoms with Crippen LogP contribution in [-0.4, -0.2) is 52.7 Å². The molecule has 0 amide bonds. The molecule has 0 aliphatic carbocycles. The molecule has 0 atom stereocenters. The van der Waals surface area contributed by atoms with Gasteiger partial charge in [0, 0.05) is 24.2 Å². The van der Waals surface area contributed by atoms with Gasteiger partial charge in [0.2, 0.25) is 5.95 Å². The number of nitrogens with one attached hydrogen (secondary N) is 1. The predicted molar refractivity (Wildman–Crippen MR) is 86.3 cm³/mol. The Morgan fingerprint density at radius 2 is 2.23 bits per heavy atom. The number of thiophene rings is 1. The van der Waals surface area contributed by atoms with E-state index < -0.39 is 0 Å². The number of nitrogens with zero attached hydrogens (tertiary/aromatic N) is 5. The number of rotatable bonds is 3. The average molecular weight is 314 g/mol. The molecule has 1 aliphatic heterocycles. The van der Waals surface area contributed by atoms with Crippen LogP contribution in [0.3, 0.4) is 0 Å². The van der Waals surface area contributed by atoms with Gasteiger partial charge in [-0.1, -0.05) is 6.07 Å². The first kappa shape index (κ1) is 13.4. The Bertz CT molecular complexity index is 791. The predicted octanol–water partition coefficient (Wildman–Crippen LogP) is 2.00. The molecule has 0 spiro atoms. The lowest BCUT2D eigenvalue weighted by Gasteiger charge is -2.26. The van der Waals surface area contributed by atoms with E-state index in [2.05, 4.69) is 30.1 Å². The number of fused-ring (bicyclic) bond motifs is 1. The first-order valence-corrected chi connectivity index (χ1v) is 7.89. The van der Waals surface area contributed by atoms with Crippen LogP contribution in [0.5, 0.6) is 0 Å². The zero-order valence-electron chi connectivity index (χ0n) is 11.8. The topological polar surface area (TPSA) is 79.3 Å². The van der Waals surface area contributed by atoms with Crippen molar-refractivity contribution in [3.05, 3.63) is 28.6 Å². The van der Waals surface area contributed by atoms with Gasteiger partial charge in [-0.15, -0.1) is 11.3 Å². The van der Waals surface area contributed by atoms with E-state index in [-0.39, 0.29) is 0 Å². The molecule has 112 valence electrons. The van der Waals surface area contributed by atoms with Gasteiger partial charge in [0.25, 0.3) is 0 Å². The summed E-state index contributed by atoms with van der Waals surface area (Å²) < 4.78 is 5.37. The Morgan fingerprint density at radius 1 is 1.32 bits per heavy atom. The summed E-state index contributed by atoms with van der Waals surface area (Å²) >= 11 is 1.64. The van der Waals surface area contributed by atoms with Crippen LogP contribution in [0, 0.1) is 0 Å². The molecule has 1 saturated heterocycles. The average Bonchev–Trinajstić information content (AvgIpc) is 3.24. The molecule has 4 heterocycles. The van der Waals surface area contributed by atoms with Gasteiger partial charge < -0.3 is 9.64 Å². The largest absolute Gasteiger partial charge is 0.378 e. The number of aliphatic imine (C=N–C) groups is 1. The summed E-state index contributed by atoms with van der Waals surface area (Å²) in [4.78, 5) is 16.8. The van der Waals surface area contributed by atoms with Gasteiger partial charge in [-0.2, -0.15) is 15.1 Å². The van der Waals surface area contributed by atoms with E-state index in [9.17, 15) is 0 Å². The van der Waals surface area contributed by atoms with E-state index >= 15 is 0 Å². The molecule has 3 aromatic heterocycles. The van der Waals surface area contributed by atoms with Crippen molar-refractivity contribution in [2.45, 2.75) is 0 Å². The zero-order valence-corrected chi connectivity index (χ0v) is 12.6. The molecular weight excluding hydrogens is 300 g/mol. The van der Waals surface area contributed by atoms with E-state index in [0.717, 1.165) is 23.4 Å². The normalized spacial score (nSPS) is 15.9. The fraction of sp³-hybridized carbons (Fsp3) is 0.286. The van der Waals surface area contributed by atoms with Crippen LogP contribution in [0.15, 0.2) is 28.7 Å². The van der Waals surface area contributed by atoms with Gasteiger partial charge in [-0.25, -0.2) is 4.99 Å². The van der Waals surface area contributed by atoms with Crippen molar-refractivity contribution in [3.8, 4) is 0 Å². The summed E-state index contributed by atoms with van der Waals surface area (Å²) in [5.41, 5.74) is 0.704. The number of ether oxygens (including phenoxy) is 1. The lowest BCUT2D eigenvalue weighted by atomic mass is 10.4. The molecule has 0 bridgehead atoms. The third kappa shape index (κ3) is 2.58. The number of hydrogen-bond acceptors (Lipinski definition) is 7. The second-order valence-corrected chi connectivity index (χ2v) is 5.83. The van der Waals surface area contributed by atoms with Crippen molar-refractivity contribution in [3.63, 3.8) is 0 Å². The third-order valence-electron chi connectivity index (χ3n) is 3.43. The van der Waals surface area contributed by atoms with Crippen LogP contribution in [0.4, 0.5) is 11.8 Å². The molecule has 0 saturated carbocycles. The Morgan fingerprint density at radius 3 is 3.05 bits per heavy atom. The van der Waals surface area contributed by atoms with Crippen LogP contribution in [0.1, 0.15) is 4.88 Å².